The van der Waals surface area contributed by atoms with Gasteiger partial charge in [0.1, 0.15) is 0 Å². The van der Waals surface area contributed by atoms with Gasteiger partial charge in [0.25, 0.3) is 0 Å². The van der Waals surface area contributed by atoms with Gasteiger partial charge in [-0.05, 0) is 31.5 Å². The van der Waals surface area contributed by atoms with Crippen LogP contribution in [-0.2, 0) is 19.7 Å². The zero-order valence-corrected chi connectivity index (χ0v) is 17.5. The minimum atomic E-state index is -5.39. The Labute approximate surface area is 174 Å². The second-order valence-electron chi connectivity index (χ2n) is 6.52. The standard InChI is InChI=1S/C16H18F3N5O4S2/c1-10-5-14(21-7-12(10)23(2)11-3-4-20-6-11)30(26,27)24(13-8-29-9-22-13)28-15(25)16(17,18)19/h5,7-9,11,20H,3-4,6H2,1-2H3/t11-/m0/s1. The number of thiazole rings is 1. The van der Waals surface area contributed by atoms with Gasteiger partial charge >= 0.3 is 22.2 Å². The molecule has 1 N–H and O–H groups in total. The van der Waals surface area contributed by atoms with Gasteiger partial charge < -0.3 is 15.1 Å². The lowest BCUT2D eigenvalue weighted by Gasteiger charge is -2.27. The van der Waals surface area contributed by atoms with Crippen LogP contribution < -0.4 is 14.7 Å². The predicted molar refractivity (Wildman–Crippen MR) is 103 cm³/mol. The molecule has 3 rings (SSSR count). The lowest BCUT2D eigenvalue weighted by molar-refractivity contribution is -0.199. The minimum absolute atomic E-state index is 0.161. The van der Waals surface area contributed by atoms with Crippen molar-refractivity contribution in [3.8, 4) is 0 Å². The number of carbonyl (C=O) groups is 1. The SMILES string of the molecule is Cc1cc(S(=O)(=O)N(OC(=O)C(F)(F)F)c2cscn2)ncc1N(C)[C@H]1CCNC1. The number of pyridine rings is 1. The third-order valence-electron chi connectivity index (χ3n) is 4.51. The normalized spacial score (nSPS) is 17.0. The van der Waals surface area contributed by atoms with Crippen LogP contribution in [0.1, 0.15) is 12.0 Å². The van der Waals surface area contributed by atoms with Crippen LogP contribution in [0, 0.1) is 6.92 Å². The molecule has 1 aliphatic rings. The van der Waals surface area contributed by atoms with Crippen LogP contribution in [0.15, 0.2) is 28.2 Å². The quantitative estimate of drug-likeness (QED) is 0.645. The van der Waals surface area contributed by atoms with Gasteiger partial charge in [-0.2, -0.15) is 21.6 Å². The number of anilines is 2. The predicted octanol–water partition coefficient (Wildman–Crippen LogP) is 1.86. The van der Waals surface area contributed by atoms with Crippen LogP contribution in [-0.4, -0.2) is 56.7 Å². The summed E-state index contributed by atoms with van der Waals surface area (Å²) in [6.07, 6.45) is -3.17. The number of hydrogen-bond donors (Lipinski definition) is 1. The van der Waals surface area contributed by atoms with E-state index in [1.807, 2.05) is 11.9 Å². The minimum Gasteiger partial charge on any atom is -0.369 e. The molecule has 0 bridgehead atoms. The Morgan fingerprint density at radius 2 is 2.10 bits per heavy atom. The van der Waals surface area contributed by atoms with Crippen molar-refractivity contribution >= 4 is 38.8 Å². The molecule has 30 heavy (non-hydrogen) atoms. The van der Waals surface area contributed by atoms with Crippen molar-refractivity contribution in [1.82, 2.24) is 15.3 Å². The van der Waals surface area contributed by atoms with Gasteiger partial charge in [-0.15, -0.1) is 11.3 Å². The van der Waals surface area contributed by atoms with E-state index < -0.39 is 33.0 Å². The van der Waals surface area contributed by atoms with Gasteiger partial charge in [0.05, 0.1) is 17.4 Å². The van der Waals surface area contributed by atoms with Crippen molar-refractivity contribution in [3.63, 3.8) is 0 Å². The number of carbonyl (C=O) groups excluding carboxylic acids is 1. The highest BCUT2D eigenvalue weighted by atomic mass is 32.2. The molecule has 9 nitrogen and oxygen atoms in total. The average Bonchev–Trinajstić information content (AvgIpc) is 3.38. The van der Waals surface area contributed by atoms with Gasteiger partial charge in [-0.1, -0.05) is 4.47 Å². The van der Waals surface area contributed by atoms with Crippen molar-refractivity contribution in [1.29, 1.82) is 0 Å². The summed E-state index contributed by atoms with van der Waals surface area (Å²) in [5, 5.41) is 3.78. The molecular formula is C16H18F3N5O4S2. The summed E-state index contributed by atoms with van der Waals surface area (Å²) in [6.45, 7) is 3.28. The van der Waals surface area contributed by atoms with Gasteiger partial charge in [-0.25, -0.2) is 14.8 Å². The molecule has 1 aliphatic heterocycles. The van der Waals surface area contributed by atoms with Crippen LogP contribution >= 0.6 is 11.3 Å². The molecular weight excluding hydrogens is 447 g/mol. The number of hydrogen-bond acceptors (Lipinski definition) is 9. The van der Waals surface area contributed by atoms with E-state index in [0.717, 1.165) is 36.2 Å². The molecule has 164 valence electrons. The second-order valence-corrected chi connectivity index (χ2v) is 8.94. The summed E-state index contributed by atoms with van der Waals surface area (Å²) < 4.78 is 63.7. The van der Waals surface area contributed by atoms with E-state index in [9.17, 15) is 26.4 Å². The summed E-state index contributed by atoms with van der Waals surface area (Å²) in [7, 11) is -2.92. The zero-order chi connectivity index (χ0) is 22.1. The number of rotatable bonds is 6. The summed E-state index contributed by atoms with van der Waals surface area (Å²) in [6, 6.07) is 1.41. The highest BCUT2D eigenvalue weighted by Crippen LogP contribution is 2.29. The van der Waals surface area contributed by atoms with Crippen LogP contribution in [0.3, 0.4) is 0 Å². The fourth-order valence-corrected chi connectivity index (χ4v) is 4.70. The Balaban J connectivity index is 1.94. The van der Waals surface area contributed by atoms with Crippen LogP contribution in [0.4, 0.5) is 24.7 Å². The molecule has 0 aliphatic carbocycles. The Morgan fingerprint density at radius 3 is 2.63 bits per heavy atom. The third-order valence-corrected chi connectivity index (χ3v) is 6.53. The molecule has 2 aromatic rings. The van der Waals surface area contributed by atoms with Crippen molar-refractivity contribution in [2.45, 2.75) is 30.6 Å². The molecule has 0 amide bonds. The first kappa shape index (κ1) is 22.2. The number of aryl methyl sites for hydroxylation is 1. The van der Waals surface area contributed by atoms with Crippen LogP contribution in [0.25, 0.3) is 0 Å². The molecule has 2 aromatic heterocycles. The van der Waals surface area contributed by atoms with Gasteiger partial charge in [0.2, 0.25) is 0 Å². The van der Waals surface area contributed by atoms with E-state index in [1.165, 1.54) is 17.8 Å². The van der Waals surface area contributed by atoms with Crippen molar-refractivity contribution in [2.24, 2.45) is 0 Å². The number of halogens is 3. The Hall–Kier alpha value is -2.45. The molecule has 1 atom stereocenters. The smallest absolute Gasteiger partial charge is 0.369 e. The zero-order valence-electron chi connectivity index (χ0n) is 15.9. The fourth-order valence-electron chi connectivity index (χ4n) is 2.93. The summed E-state index contributed by atoms with van der Waals surface area (Å²) >= 11 is 0.915. The van der Waals surface area contributed by atoms with E-state index in [-0.39, 0.29) is 10.5 Å². The maximum absolute atomic E-state index is 12.9. The molecule has 0 radical (unpaired) electrons. The highest BCUT2D eigenvalue weighted by molar-refractivity contribution is 7.92. The Bertz CT molecular complexity index is 1010. The van der Waals surface area contributed by atoms with Crippen LogP contribution in [0.5, 0.6) is 0 Å². The largest absolute Gasteiger partial charge is 0.493 e. The van der Waals surface area contributed by atoms with Crippen molar-refractivity contribution < 1.29 is 31.2 Å². The molecule has 0 saturated carbocycles. The van der Waals surface area contributed by atoms with E-state index in [4.69, 9.17) is 0 Å². The first-order valence-corrected chi connectivity index (χ1v) is 11.0. The topological polar surface area (TPSA) is 105 Å². The second kappa shape index (κ2) is 8.35. The number of likely N-dealkylation sites (N-methyl/N-ethyl adjacent to an activating group) is 1. The van der Waals surface area contributed by atoms with Gasteiger partial charge in [0.15, 0.2) is 10.8 Å². The van der Waals surface area contributed by atoms with Gasteiger partial charge in [-0.3, -0.25) is 0 Å². The van der Waals surface area contributed by atoms with Crippen molar-refractivity contribution in [2.75, 3.05) is 29.5 Å². The van der Waals surface area contributed by atoms with E-state index in [0.29, 0.717) is 11.3 Å². The number of alkyl halides is 3. The average molecular weight is 465 g/mol. The Morgan fingerprint density at radius 1 is 1.37 bits per heavy atom. The van der Waals surface area contributed by atoms with E-state index in [2.05, 4.69) is 20.1 Å². The first-order valence-electron chi connectivity index (χ1n) is 8.64. The molecule has 0 spiro atoms. The van der Waals surface area contributed by atoms with Gasteiger partial charge in [0, 0.05) is 25.0 Å². The summed E-state index contributed by atoms with van der Waals surface area (Å²) in [5.41, 5.74) is 2.40. The van der Waals surface area contributed by atoms with Crippen LogP contribution in [0.2, 0.25) is 0 Å². The molecule has 0 unspecified atom stereocenters. The summed E-state index contributed by atoms with van der Waals surface area (Å²) in [4.78, 5) is 25.0. The highest BCUT2D eigenvalue weighted by Gasteiger charge is 2.45. The number of aromatic nitrogens is 2. The molecule has 1 fully saturated rings. The maximum atomic E-state index is 12.9. The molecule has 3 heterocycles. The number of sulfonamides is 1. The third kappa shape index (κ3) is 4.49. The number of nitrogens with one attached hydrogen (secondary N) is 1. The lowest BCUT2D eigenvalue weighted by atomic mass is 10.2. The summed E-state index contributed by atoms with van der Waals surface area (Å²) in [5.74, 6) is -3.18. The molecule has 1 saturated heterocycles. The molecule has 14 heteroatoms. The molecule has 0 aromatic carbocycles. The monoisotopic (exact) mass is 465 g/mol. The van der Waals surface area contributed by atoms with E-state index in [1.54, 1.807) is 6.92 Å². The fraction of sp³-hybridized carbons (Fsp3) is 0.438. The van der Waals surface area contributed by atoms with Crippen molar-refractivity contribution in [3.05, 3.63) is 28.7 Å². The lowest BCUT2D eigenvalue weighted by Crippen LogP contribution is -2.39. The maximum Gasteiger partial charge on any atom is 0.493 e. The Kier molecular flexibility index (Phi) is 6.19. The number of nitrogens with zero attached hydrogens (tertiary/aromatic N) is 4. The van der Waals surface area contributed by atoms with E-state index >= 15 is 0 Å². The first-order chi connectivity index (χ1) is 14.0.